The van der Waals surface area contributed by atoms with E-state index >= 15 is 0 Å². The summed E-state index contributed by atoms with van der Waals surface area (Å²) in [5.41, 5.74) is 2.73. The monoisotopic (exact) mass is 563 g/mol. The van der Waals surface area contributed by atoms with Gasteiger partial charge in [0.2, 0.25) is 0 Å². The molecular weight excluding hydrogens is 538 g/mol. The van der Waals surface area contributed by atoms with Crippen molar-refractivity contribution in [2.75, 3.05) is 6.61 Å². The molecule has 0 aliphatic rings. The van der Waals surface area contributed by atoms with Gasteiger partial charge in [0.25, 0.3) is 15.9 Å². The summed E-state index contributed by atoms with van der Waals surface area (Å²) in [6, 6.07) is 16.9. The molecule has 0 heterocycles. The van der Waals surface area contributed by atoms with Crippen LogP contribution >= 0.6 is 27.5 Å². The van der Waals surface area contributed by atoms with Crippen LogP contribution in [0, 0.1) is 5.92 Å². The zero-order valence-electron chi connectivity index (χ0n) is 19.3. The molecule has 0 saturated carbocycles. The molecule has 1 amide bonds. The van der Waals surface area contributed by atoms with Crippen molar-refractivity contribution in [1.29, 1.82) is 0 Å². The van der Waals surface area contributed by atoms with E-state index in [9.17, 15) is 13.2 Å². The minimum atomic E-state index is -4.01. The average Bonchev–Trinajstić information content (AvgIpc) is 2.77. The summed E-state index contributed by atoms with van der Waals surface area (Å²) in [4.78, 5) is 13.1. The van der Waals surface area contributed by atoms with Gasteiger partial charge in [-0.25, -0.2) is 13.1 Å². The Bertz CT molecular complexity index is 1270. The van der Waals surface area contributed by atoms with E-state index in [2.05, 4.69) is 20.7 Å². The van der Waals surface area contributed by atoms with Gasteiger partial charge < -0.3 is 4.74 Å². The molecule has 0 aliphatic carbocycles. The maximum atomic E-state index is 13.1. The maximum absolute atomic E-state index is 13.1. The molecule has 0 bridgehead atoms. The highest BCUT2D eigenvalue weighted by Crippen LogP contribution is 2.34. The lowest BCUT2D eigenvalue weighted by atomic mass is 9.93. The lowest BCUT2D eigenvalue weighted by molar-refractivity contribution is 0.0980. The smallest absolute Gasteiger partial charge is 0.265 e. The Kier molecular flexibility index (Phi) is 8.79. The molecule has 34 heavy (non-hydrogen) atoms. The number of hydrogen-bond acceptors (Lipinski definition) is 4. The van der Waals surface area contributed by atoms with Crippen molar-refractivity contribution in [2.45, 2.75) is 38.5 Å². The molecule has 3 rings (SSSR count). The van der Waals surface area contributed by atoms with Crippen LogP contribution in [-0.4, -0.2) is 20.9 Å². The highest BCUT2D eigenvalue weighted by molar-refractivity contribution is 9.10. The lowest BCUT2D eigenvalue weighted by Gasteiger charge is -2.16. The van der Waals surface area contributed by atoms with E-state index < -0.39 is 15.9 Å². The van der Waals surface area contributed by atoms with Gasteiger partial charge in [-0.3, -0.25) is 4.79 Å². The van der Waals surface area contributed by atoms with Crippen molar-refractivity contribution in [3.63, 3.8) is 0 Å². The number of carbonyl (C=O) groups is 1. The van der Waals surface area contributed by atoms with E-state index in [1.54, 1.807) is 30.3 Å². The highest BCUT2D eigenvalue weighted by atomic mass is 79.9. The minimum Gasteiger partial charge on any atom is -0.493 e. The normalized spacial score (nSPS) is 11.5. The van der Waals surface area contributed by atoms with Crippen LogP contribution in [0.1, 0.15) is 43.1 Å². The van der Waals surface area contributed by atoms with Gasteiger partial charge in [0, 0.05) is 20.6 Å². The first kappa shape index (κ1) is 26.3. The summed E-state index contributed by atoms with van der Waals surface area (Å²) in [6.07, 6.45) is 1.47. The quantitative estimate of drug-likeness (QED) is 0.308. The van der Waals surface area contributed by atoms with E-state index in [0.717, 1.165) is 27.6 Å². The minimum absolute atomic E-state index is 0.0164. The number of ether oxygens (including phenoxy) is 1. The van der Waals surface area contributed by atoms with Crippen LogP contribution in [0.4, 0.5) is 0 Å². The predicted octanol–water partition coefficient (Wildman–Crippen LogP) is 6.88. The second-order valence-corrected chi connectivity index (χ2v) is 11.4. The van der Waals surface area contributed by atoms with Gasteiger partial charge >= 0.3 is 0 Å². The van der Waals surface area contributed by atoms with Crippen LogP contribution in [0.3, 0.4) is 0 Å². The third-order valence-corrected chi connectivity index (χ3v) is 7.15. The van der Waals surface area contributed by atoms with E-state index in [4.69, 9.17) is 16.3 Å². The van der Waals surface area contributed by atoms with E-state index in [1.165, 1.54) is 12.1 Å². The molecule has 0 radical (unpaired) electrons. The van der Waals surface area contributed by atoms with Crippen LogP contribution in [0.5, 0.6) is 5.75 Å². The Morgan fingerprint density at radius 3 is 2.41 bits per heavy atom. The zero-order chi connectivity index (χ0) is 24.9. The molecule has 0 aliphatic heterocycles. The van der Waals surface area contributed by atoms with Gasteiger partial charge in [-0.05, 0) is 78.4 Å². The first-order valence-corrected chi connectivity index (χ1v) is 13.6. The van der Waals surface area contributed by atoms with Crippen LogP contribution < -0.4 is 9.46 Å². The number of nitrogens with one attached hydrogen (secondary N) is 1. The zero-order valence-corrected chi connectivity index (χ0v) is 22.4. The van der Waals surface area contributed by atoms with Gasteiger partial charge in [-0.15, -0.1) is 0 Å². The van der Waals surface area contributed by atoms with Crippen LogP contribution in [-0.2, 0) is 16.4 Å². The maximum Gasteiger partial charge on any atom is 0.265 e. The summed E-state index contributed by atoms with van der Waals surface area (Å²) in [5, 5.41) is 0.576. The first-order chi connectivity index (χ1) is 16.1. The molecule has 0 unspecified atom stereocenters. The number of benzene rings is 3. The fraction of sp³-hybridized carbons (Fsp3) is 0.269. The molecule has 0 aromatic heterocycles. The Balaban J connectivity index is 1.99. The number of amides is 1. The van der Waals surface area contributed by atoms with Crippen molar-refractivity contribution >= 4 is 43.5 Å². The summed E-state index contributed by atoms with van der Waals surface area (Å²) in [6.45, 7) is 6.69. The molecule has 0 spiro atoms. The first-order valence-electron chi connectivity index (χ1n) is 11.0. The highest BCUT2D eigenvalue weighted by Gasteiger charge is 2.22. The standard InChI is InChI=1S/C26H27BrClNO4S/c1-4-13-33-25-12-8-21(28)16-24(25)18-5-11-23(19(15-18)14-17(2)3)26(30)29-34(31,32)22-9-6-20(27)7-10-22/h5-12,15-17H,4,13-14H2,1-3H3,(H,29,30). The Morgan fingerprint density at radius 2 is 1.76 bits per heavy atom. The molecule has 3 aromatic carbocycles. The fourth-order valence-electron chi connectivity index (χ4n) is 3.51. The summed E-state index contributed by atoms with van der Waals surface area (Å²) in [7, 11) is -4.01. The summed E-state index contributed by atoms with van der Waals surface area (Å²) < 4.78 is 34.4. The van der Waals surface area contributed by atoms with Gasteiger partial charge in [0.05, 0.1) is 11.5 Å². The van der Waals surface area contributed by atoms with E-state index in [1.807, 2.05) is 39.0 Å². The Morgan fingerprint density at radius 1 is 1.06 bits per heavy atom. The van der Waals surface area contributed by atoms with Crippen molar-refractivity contribution in [3.05, 3.63) is 81.3 Å². The molecule has 0 atom stereocenters. The van der Waals surface area contributed by atoms with Crippen molar-refractivity contribution < 1.29 is 17.9 Å². The van der Waals surface area contributed by atoms with E-state index in [0.29, 0.717) is 29.4 Å². The molecule has 8 heteroatoms. The third-order valence-electron chi connectivity index (χ3n) is 5.04. The number of sulfonamides is 1. The van der Waals surface area contributed by atoms with Gasteiger partial charge in [-0.1, -0.05) is 60.4 Å². The molecular formula is C26H27BrClNO4S. The van der Waals surface area contributed by atoms with Gasteiger partial charge in [0.15, 0.2) is 0 Å². The van der Waals surface area contributed by atoms with Gasteiger partial charge in [-0.2, -0.15) is 0 Å². The number of rotatable bonds is 9. The van der Waals surface area contributed by atoms with Crippen molar-refractivity contribution in [3.8, 4) is 16.9 Å². The van der Waals surface area contributed by atoms with E-state index in [-0.39, 0.29) is 10.8 Å². The molecule has 5 nitrogen and oxygen atoms in total. The van der Waals surface area contributed by atoms with Crippen LogP contribution in [0.15, 0.2) is 70.0 Å². The topological polar surface area (TPSA) is 72.5 Å². The lowest BCUT2D eigenvalue weighted by Crippen LogP contribution is -2.31. The fourth-order valence-corrected chi connectivity index (χ4v) is 4.91. The molecule has 0 saturated heterocycles. The molecule has 0 fully saturated rings. The second kappa shape index (κ2) is 11.4. The van der Waals surface area contributed by atoms with Crippen molar-refractivity contribution in [1.82, 2.24) is 4.72 Å². The average molecular weight is 565 g/mol. The number of hydrogen-bond donors (Lipinski definition) is 1. The predicted molar refractivity (Wildman–Crippen MR) is 140 cm³/mol. The number of carbonyl (C=O) groups excluding carboxylic acids is 1. The molecule has 180 valence electrons. The van der Waals surface area contributed by atoms with Gasteiger partial charge in [0.1, 0.15) is 5.75 Å². The van der Waals surface area contributed by atoms with Crippen LogP contribution in [0.25, 0.3) is 11.1 Å². The Labute approximate surface area is 214 Å². The van der Waals surface area contributed by atoms with Crippen LogP contribution in [0.2, 0.25) is 5.02 Å². The number of halogens is 2. The molecule has 1 N–H and O–H groups in total. The third kappa shape index (κ3) is 6.62. The largest absolute Gasteiger partial charge is 0.493 e. The van der Waals surface area contributed by atoms with Crippen molar-refractivity contribution in [2.24, 2.45) is 5.92 Å². The summed E-state index contributed by atoms with van der Waals surface area (Å²) in [5.74, 6) is 0.287. The molecule has 3 aromatic rings. The summed E-state index contributed by atoms with van der Waals surface area (Å²) >= 11 is 9.54. The second-order valence-electron chi connectivity index (χ2n) is 8.35. The Hall–Kier alpha value is -2.35. The SMILES string of the molecule is CCCOc1ccc(Cl)cc1-c1ccc(C(=O)NS(=O)(=O)c2ccc(Br)cc2)c(CC(C)C)c1.